The van der Waals surface area contributed by atoms with Gasteiger partial charge in [0.2, 0.25) is 0 Å². The van der Waals surface area contributed by atoms with Gasteiger partial charge >= 0.3 is 16.5 Å². The van der Waals surface area contributed by atoms with Crippen molar-refractivity contribution in [1.29, 1.82) is 0 Å². The van der Waals surface area contributed by atoms with Gasteiger partial charge < -0.3 is 10.2 Å². The number of aryl methyl sites for hydroxylation is 1. The Morgan fingerprint density at radius 3 is 2.51 bits per heavy atom. The lowest BCUT2D eigenvalue weighted by atomic mass is 9.43. The van der Waals surface area contributed by atoms with Crippen molar-refractivity contribution in [2.75, 3.05) is 4.72 Å². The van der Waals surface area contributed by atoms with Crippen LogP contribution < -0.4 is 4.72 Å². The highest BCUT2D eigenvalue weighted by atomic mass is 32.2. The lowest BCUT2D eigenvalue weighted by Gasteiger charge is -2.61. The fraction of sp³-hybridized carbons (Fsp3) is 0.724. The van der Waals surface area contributed by atoms with E-state index in [1.54, 1.807) is 12.1 Å². The number of halogens is 3. The summed E-state index contributed by atoms with van der Waals surface area (Å²) in [6, 6.07) is 5.41. The van der Waals surface area contributed by atoms with Gasteiger partial charge in [-0.2, -0.15) is 21.6 Å². The van der Waals surface area contributed by atoms with Crippen molar-refractivity contribution < 1.29 is 36.4 Å². The van der Waals surface area contributed by atoms with E-state index in [2.05, 4.69) is 24.3 Å². The highest BCUT2D eigenvalue weighted by Crippen LogP contribution is 2.71. The summed E-state index contributed by atoms with van der Waals surface area (Å²) < 4.78 is 72.0. The average molecular weight is 574 g/mol. The molecular weight excluding hydrogens is 531 g/mol. The van der Waals surface area contributed by atoms with Crippen LogP contribution in [0.5, 0.6) is 0 Å². The van der Waals surface area contributed by atoms with E-state index in [1.165, 1.54) is 0 Å². The van der Waals surface area contributed by atoms with Gasteiger partial charge in [-0.3, -0.25) is 9.27 Å². The molecule has 0 saturated heterocycles. The van der Waals surface area contributed by atoms with Crippen molar-refractivity contribution in [3.05, 3.63) is 42.0 Å². The molecule has 10 heteroatoms. The quantitative estimate of drug-likeness (QED) is 0.144. The van der Waals surface area contributed by atoms with Gasteiger partial charge in [-0.25, -0.2) is 0 Å². The summed E-state index contributed by atoms with van der Waals surface area (Å²) in [6.45, 7) is 8.45. The monoisotopic (exact) mass is 573 g/mol. The molecule has 3 aliphatic carbocycles. The molecule has 1 aromatic rings. The fourth-order valence-electron chi connectivity index (χ4n) is 8.41. The number of benzene rings is 1. The molecule has 0 amide bonds. The fourth-order valence-corrected chi connectivity index (χ4v) is 8.84. The van der Waals surface area contributed by atoms with Crippen molar-refractivity contribution in [3.63, 3.8) is 0 Å². The molecule has 220 valence electrons. The number of aliphatic hydroxyl groups excluding tert-OH is 1. The molecule has 0 radical (unpaired) electrons. The van der Waals surface area contributed by atoms with Crippen molar-refractivity contribution in [1.82, 2.24) is 0 Å². The Labute approximate surface area is 230 Å². The molecule has 2 saturated carbocycles. The van der Waals surface area contributed by atoms with Crippen LogP contribution in [0.25, 0.3) is 0 Å². The molecule has 4 N–H and O–H groups in total. The molecule has 0 aromatic heterocycles. The number of fused-ring (bicyclic) bond motifs is 5. The molecule has 3 aliphatic rings. The Kier molecular flexibility index (Phi) is 8.29. The van der Waals surface area contributed by atoms with Crippen molar-refractivity contribution in [2.45, 2.75) is 108 Å². The Balaban J connectivity index is 1.59. The third kappa shape index (κ3) is 5.76. The second kappa shape index (κ2) is 10.7. The Morgan fingerprint density at radius 2 is 1.87 bits per heavy atom. The van der Waals surface area contributed by atoms with Gasteiger partial charge in [0, 0.05) is 0 Å². The van der Waals surface area contributed by atoms with Crippen LogP contribution in [0, 0.1) is 22.7 Å². The molecule has 6 nitrogen and oxygen atoms in total. The minimum atomic E-state index is -4.58. The van der Waals surface area contributed by atoms with E-state index in [-0.39, 0.29) is 35.0 Å². The molecule has 0 heterocycles. The lowest BCUT2D eigenvalue weighted by Crippen LogP contribution is -2.57. The summed E-state index contributed by atoms with van der Waals surface area (Å²) >= 11 is 0. The topological polar surface area (TPSA) is 107 Å². The summed E-state index contributed by atoms with van der Waals surface area (Å²) in [7, 11) is -4.39. The van der Waals surface area contributed by atoms with E-state index in [1.807, 2.05) is 13.0 Å². The molecule has 0 aliphatic heterocycles. The van der Waals surface area contributed by atoms with Gasteiger partial charge in [0.05, 0.1) is 11.3 Å². The maximum Gasteiger partial charge on any atom is 0.414 e. The number of allylic oxidation sites excluding steroid dienone is 1. The van der Waals surface area contributed by atoms with Gasteiger partial charge in [0.25, 0.3) is 0 Å². The number of nitrogens with one attached hydrogen (secondary N) is 1. The zero-order valence-corrected chi connectivity index (χ0v) is 23.6. The smallest absolute Gasteiger partial charge is 0.390 e. The van der Waals surface area contributed by atoms with Crippen molar-refractivity contribution in [2.24, 2.45) is 22.7 Å². The highest BCUT2D eigenvalue weighted by molar-refractivity contribution is 7.87. The van der Waals surface area contributed by atoms with E-state index in [9.17, 15) is 36.4 Å². The standard InChI is InChI=1S/C29H42F3NO5S/c1-4-28-16-13-19-17-21(33-39(36,37)38)11-12-22(19)25(28)20(18-26(2)23(28)14-15-27(26,3)35)9-7-5-6-8-10-24(34)29(30,31)32/h4,11-12,17,20,23-25,33-35H,1,5-10,13-16,18H2,2-3H3,(H,36,37,38)/t20-,23?,24?,25?,26-,27-,28?/m0/s1. The Morgan fingerprint density at radius 1 is 1.18 bits per heavy atom. The summed E-state index contributed by atoms with van der Waals surface area (Å²) in [5.41, 5.74) is 1.14. The Bertz CT molecular complexity index is 1170. The summed E-state index contributed by atoms with van der Waals surface area (Å²) in [5.74, 6) is 0.568. The second-order valence-corrected chi connectivity index (χ2v) is 13.7. The SMILES string of the molecule is C=CC12CCc3cc(NS(=O)(=O)O)ccc3C1[C@@H](CCCCCCC(O)C(F)(F)F)C[C@@]1(C)C2CC[C@]1(C)O. The number of rotatable bonds is 10. The van der Waals surface area contributed by atoms with Crippen molar-refractivity contribution >= 4 is 16.0 Å². The summed E-state index contributed by atoms with van der Waals surface area (Å²) in [6.07, 6.45) is 2.31. The Hall–Kier alpha value is -1.62. The van der Waals surface area contributed by atoms with E-state index < -0.39 is 28.2 Å². The number of hydrogen-bond donors (Lipinski definition) is 4. The van der Waals surface area contributed by atoms with Crippen molar-refractivity contribution in [3.8, 4) is 0 Å². The van der Waals surface area contributed by atoms with Crippen LogP contribution in [-0.2, 0) is 16.7 Å². The summed E-state index contributed by atoms with van der Waals surface area (Å²) in [4.78, 5) is 0. The van der Waals surface area contributed by atoms with Crippen LogP contribution in [-0.4, -0.2) is 41.1 Å². The molecule has 0 bridgehead atoms. The minimum Gasteiger partial charge on any atom is -0.390 e. The third-order valence-corrected chi connectivity index (χ3v) is 10.9. The highest BCUT2D eigenvalue weighted by Gasteiger charge is 2.66. The summed E-state index contributed by atoms with van der Waals surface area (Å²) in [5, 5.41) is 20.8. The van der Waals surface area contributed by atoms with Crippen LogP contribution in [0.3, 0.4) is 0 Å². The van der Waals surface area contributed by atoms with E-state index in [4.69, 9.17) is 0 Å². The normalized spacial score (nSPS) is 35.0. The first-order valence-electron chi connectivity index (χ1n) is 14.0. The zero-order chi connectivity index (χ0) is 28.9. The van der Waals surface area contributed by atoms with Gasteiger partial charge in [0.1, 0.15) is 6.10 Å². The van der Waals surface area contributed by atoms with E-state index >= 15 is 0 Å². The molecule has 4 rings (SSSR count). The van der Waals surface area contributed by atoms with Gasteiger partial charge in [-0.05, 0) is 104 Å². The second-order valence-electron chi connectivity index (χ2n) is 12.6. The van der Waals surface area contributed by atoms with Crippen LogP contribution in [0.4, 0.5) is 18.9 Å². The molecule has 0 spiro atoms. The first-order valence-corrected chi connectivity index (χ1v) is 15.5. The van der Waals surface area contributed by atoms with Gasteiger partial charge in [-0.1, -0.05) is 44.7 Å². The minimum absolute atomic E-state index is 0.123. The number of anilines is 1. The largest absolute Gasteiger partial charge is 0.414 e. The number of unbranched alkanes of at least 4 members (excludes halogenated alkanes) is 3. The number of hydrogen-bond acceptors (Lipinski definition) is 4. The van der Waals surface area contributed by atoms with Crippen LogP contribution >= 0.6 is 0 Å². The number of alkyl halides is 3. The van der Waals surface area contributed by atoms with E-state index in [0.29, 0.717) is 18.5 Å². The zero-order valence-electron chi connectivity index (χ0n) is 22.8. The molecule has 1 aromatic carbocycles. The number of aliphatic hydroxyl groups is 2. The first-order chi connectivity index (χ1) is 18.0. The van der Waals surface area contributed by atoms with Crippen LogP contribution in [0.15, 0.2) is 30.9 Å². The first kappa shape index (κ1) is 30.3. The predicted octanol–water partition coefficient (Wildman–Crippen LogP) is 6.55. The average Bonchev–Trinajstić information content (AvgIpc) is 3.07. The maximum absolute atomic E-state index is 12.6. The van der Waals surface area contributed by atoms with Gasteiger partial charge in [0.15, 0.2) is 0 Å². The predicted molar refractivity (Wildman–Crippen MR) is 145 cm³/mol. The molecule has 7 atom stereocenters. The maximum atomic E-state index is 12.6. The molecule has 2 fully saturated rings. The van der Waals surface area contributed by atoms with Crippen LogP contribution in [0.2, 0.25) is 0 Å². The third-order valence-electron chi connectivity index (χ3n) is 10.4. The molecule has 4 unspecified atom stereocenters. The van der Waals surface area contributed by atoms with Gasteiger partial charge in [-0.15, -0.1) is 6.58 Å². The molecular formula is C29H42F3NO5S. The lowest BCUT2D eigenvalue weighted by molar-refractivity contribution is -0.205. The molecule has 39 heavy (non-hydrogen) atoms. The van der Waals surface area contributed by atoms with Crippen LogP contribution in [0.1, 0.15) is 95.1 Å². The van der Waals surface area contributed by atoms with E-state index in [0.717, 1.165) is 62.5 Å².